The number of fused-ring (bicyclic) bond motifs is 1. The van der Waals surface area contributed by atoms with Gasteiger partial charge < -0.3 is 15.5 Å². The summed E-state index contributed by atoms with van der Waals surface area (Å²) in [5.41, 5.74) is 6.71. The number of aromatic nitrogens is 1. The van der Waals surface area contributed by atoms with Gasteiger partial charge in [0.2, 0.25) is 0 Å². The van der Waals surface area contributed by atoms with Crippen LogP contribution < -0.4 is 15.5 Å². The fraction of sp³-hybridized carbons (Fsp3) is 0.333. The average molecular weight is 429 g/mol. The number of hydrogen-bond acceptors (Lipinski definition) is 3. The molecule has 0 spiro atoms. The number of hydrogen-bond donors (Lipinski definition) is 2. The van der Waals surface area contributed by atoms with Gasteiger partial charge in [0.15, 0.2) is 0 Å². The molecule has 2 N–H and O–H groups in total. The van der Waals surface area contributed by atoms with Gasteiger partial charge >= 0.3 is 6.03 Å². The summed E-state index contributed by atoms with van der Waals surface area (Å²) in [7, 11) is 0. The van der Waals surface area contributed by atoms with E-state index in [9.17, 15) is 4.79 Å². The third-order valence-electron chi connectivity index (χ3n) is 6.12. The van der Waals surface area contributed by atoms with Crippen LogP contribution in [0.1, 0.15) is 55.5 Å². The molecule has 2 heterocycles. The molecule has 1 aliphatic heterocycles. The monoisotopic (exact) mass is 428 g/mol. The Balaban J connectivity index is 1.49. The van der Waals surface area contributed by atoms with E-state index in [1.807, 2.05) is 25.4 Å². The zero-order chi connectivity index (χ0) is 22.7. The number of para-hydroxylation sites is 1. The van der Waals surface area contributed by atoms with Crippen molar-refractivity contribution in [2.24, 2.45) is 0 Å². The zero-order valence-electron chi connectivity index (χ0n) is 19.4. The second-order valence-electron chi connectivity index (χ2n) is 9.56. The van der Waals surface area contributed by atoms with Crippen LogP contribution in [0.25, 0.3) is 0 Å². The summed E-state index contributed by atoms with van der Waals surface area (Å²) >= 11 is 0. The number of urea groups is 1. The first-order valence-electron chi connectivity index (χ1n) is 11.2. The van der Waals surface area contributed by atoms with E-state index in [2.05, 4.69) is 89.8 Å². The average Bonchev–Trinajstić information content (AvgIpc) is 2.77. The second kappa shape index (κ2) is 9.03. The normalized spacial score (nSPS) is 15.8. The smallest absolute Gasteiger partial charge is 0.319 e. The lowest BCUT2D eigenvalue weighted by Crippen LogP contribution is -2.39. The van der Waals surface area contributed by atoms with Crippen molar-refractivity contribution < 1.29 is 4.79 Å². The molecule has 166 valence electrons. The number of aryl methyl sites for hydroxylation is 1. The Morgan fingerprint density at radius 1 is 1.09 bits per heavy atom. The molecule has 3 aromatic rings. The SMILES string of the molecule is Cc1ccc(C(C)(C)C)cc1NC(=O)NC1CCN(Cc2ccncc2)c2ccccc21. The van der Waals surface area contributed by atoms with E-state index in [-0.39, 0.29) is 17.5 Å². The van der Waals surface area contributed by atoms with E-state index in [0.29, 0.717) is 0 Å². The number of carbonyl (C=O) groups excluding carboxylic acids is 1. The molecule has 5 heteroatoms. The maximum atomic E-state index is 12.9. The highest BCUT2D eigenvalue weighted by atomic mass is 16.2. The maximum absolute atomic E-state index is 12.9. The van der Waals surface area contributed by atoms with Crippen molar-refractivity contribution in [3.05, 3.63) is 89.2 Å². The van der Waals surface area contributed by atoms with Crippen LogP contribution in [-0.4, -0.2) is 17.6 Å². The van der Waals surface area contributed by atoms with E-state index in [0.717, 1.165) is 36.3 Å². The molecule has 1 aromatic heterocycles. The van der Waals surface area contributed by atoms with Crippen molar-refractivity contribution >= 4 is 17.4 Å². The van der Waals surface area contributed by atoms with Gasteiger partial charge in [-0.1, -0.05) is 51.1 Å². The van der Waals surface area contributed by atoms with Gasteiger partial charge in [-0.05, 0) is 65.3 Å². The zero-order valence-corrected chi connectivity index (χ0v) is 19.4. The lowest BCUT2D eigenvalue weighted by atomic mass is 9.86. The van der Waals surface area contributed by atoms with Crippen LogP contribution in [0.4, 0.5) is 16.2 Å². The molecule has 1 aliphatic rings. The highest BCUT2D eigenvalue weighted by molar-refractivity contribution is 5.90. The Morgan fingerprint density at radius 2 is 1.84 bits per heavy atom. The molecule has 0 radical (unpaired) electrons. The minimum atomic E-state index is -0.165. The number of nitrogens with zero attached hydrogens (tertiary/aromatic N) is 2. The van der Waals surface area contributed by atoms with Crippen molar-refractivity contribution in [2.75, 3.05) is 16.8 Å². The van der Waals surface area contributed by atoms with Crippen LogP contribution >= 0.6 is 0 Å². The summed E-state index contributed by atoms with van der Waals surface area (Å²) in [6, 6.07) is 18.6. The number of pyridine rings is 1. The number of rotatable bonds is 4. The summed E-state index contributed by atoms with van der Waals surface area (Å²) in [5, 5.41) is 6.29. The number of nitrogens with one attached hydrogen (secondary N) is 2. The Kier molecular flexibility index (Phi) is 6.17. The van der Waals surface area contributed by atoms with Crippen LogP contribution in [-0.2, 0) is 12.0 Å². The summed E-state index contributed by atoms with van der Waals surface area (Å²) in [4.78, 5) is 19.4. The Morgan fingerprint density at radius 3 is 2.59 bits per heavy atom. The Bertz CT molecular complexity index is 1090. The molecule has 1 unspecified atom stereocenters. The molecule has 2 aromatic carbocycles. The molecular formula is C27H32N4O. The van der Waals surface area contributed by atoms with Crippen LogP contribution in [0.3, 0.4) is 0 Å². The number of amides is 2. The second-order valence-corrected chi connectivity index (χ2v) is 9.56. The van der Waals surface area contributed by atoms with Crippen LogP contribution in [0.15, 0.2) is 67.0 Å². The van der Waals surface area contributed by atoms with Gasteiger partial charge in [0.05, 0.1) is 6.04 Å². The molecule has 1 atom stereocenters. The van der Waals surface area contributed by atoms with E-state index in [4.69, 9.17) is 0 Å². The highest BCUT2D eigenvalue weighted by Crippen LogP contribution is 2.34. The van der Waals surface area contributed by atoms with E-state index in [1.165, 1.54) is 16.8 Å². The summed E-state index contributed by atoms with van der Waals surface area (Å²) < 4.78 is 0. The van der Waals surface area contributed by atoms with Gasteiger partial charge in [0, 0.05) is 36.9 Å². The third-order valence-corrected chi connectivity index (χ3v) is 6.12. The van der Waals surface area contributed by atoms with Gasteiger partial charge in [-0.3, -0.25) is 4.98 Å². The molecule has 0 saturated carbocycles. The predicted molar refractivity (Wildman–Crippen MR) is 131 cm³/mol. The maximum Gasteiger partial charge on any atom is 0.319 e. The van der Waals surface area contributed by atoms with Gasteiger partial charge in [0.25, 0.3) is 0 Å². The van der Waals surface area contributed by atoms with Crippen LogP contribution in [0.5, 0.6) is 0 Å². The highest BCUT2D eigenvalue weighted by Gasteiger charge is 2.26. The summed E-state index contributed by atoms with van der Waals surface area (Å²) in [6.07, 6.45) is 4.52. The molecular weight excluding hydrogens is 396 g/mol. The van der Waals surface area contributed by atoms with Crippen molar-refractivity contribution in [2.45, 2.75) is 52.1 Å². The van der Waals surface area contributed by atoms with Gasteiger partial charge in [-0.25, -0.2) is 4.79 Å². The fourth-order valence-corrected chi connectivity index (χ4v) is 4.19. The molecule has 2 amide bonds. The summed E-state index contributed by atoms with van der Waals surface area (Å²) in [5.74, 6) is 0. The Hall–Kier alpha value is -3.34. The number of anilines is 2. The molecule has 0 saturated heterocycles. The molecule has 32 heavy (non-hydrogen) atoms. The molecule has 5 nitrogen and oxygen atoms in total. The molecule has 0 fully saturated rings. The molecule has 4 rings (SSSR count). The number of carbonyl (C=O) groups is 1. The topological polar surface area (TPSA) is 57.3 Å². The quantitative estimate of drug-likeness (QED) is 0.539. The first-order valence-corrected chi connectivity index (χ1v) is 11.2. The largest absolute Gasteiger partial charge is 0.367 e. The number of benzene rings is 2. The Labute approximate surface area is 190 Å². The molecule has 0 aliphatic carbocycles. The lowest BCUT2D eigenvalue weighted by Gasteiger charge is -2.36. The lowest BCUT2D eigenvalue weighted by molar-refractivity contribution is 0.247. The van der Waals surface area contributed by atoms with E-state index < -0.39 is 0 Å². The van der Waals surface area contributed by atoms with Crippen molar-refractivity contribution in [3.8, 4) is 0 Å². The van der Waals surface area contributed by atoms with Crippen molar-refractivity contribution in [1.82, 2.24) is 10.3 Å². The third kappa shape index (κ3) is 4.93. The predicted octanol–water partition coefficient (Wildman–Crippen LogP) is 5.96. The van der Waals surface area contributed by atoms with Gasteiger partial charge in [-0.15, -0.1) is 0 Å². The standard InChI is InChI=1S/C27H32N4O/c1-19-9-10-21(27(2,3)4)17-24(19)30-26(32)29-23-13-16-31(18-20-11-14-28-15-12-20)25-8-6-5-7-22(23)25/h5-12,14-15,17,23H,13,16,18H2,1-4H3,(H2,29,30,32). The summed E-state index contributed by atoms with van der Waals surface area (Å²) in [6.45, 7) is 10.3. The van der Waals surface area contributed by atoms with Crippen molar-refractivity contribution in [1.29, 1.82) is 0 Å². The first-order chi connectivity index (χ1) is 15.3. The minimum absolute atomic E-state index is 0.0222. The fourth-order valence-electron chi connectivity index (χ4n) is 4.19. The van der Waals surface area contributed by atoms with Crippen molar-refractivity contribution in [3.63, 3.8) is 0 Å². The van der Waals surface area contributed by atoms with E-state index >= 15 is 0 Å². The van der Waals surface area contributed by atoms with E-state index in [1.54, 1.807) is 0 Å². The minimum Gasteiger partial charge on any atom is -0.367 e. The van der Waals surface area contributed by atoms with Gasteiger partial charge in [-0.2, -0.15) is 0 Å². The molecule has 0 bridgehead atoms. The van der Waals surface area contributed by atoms with Crippen LogP contribution in [0.2, 0.25) is 0 Å². The van der Waals surface area contributed by atoms with Crippen LogP contribution in [0, 0.1) is 6.92 Å². The van der Waals surface area contributed by atoms with Gasteiger partial charge in [0.1, 0.15) is 0 Å². The first kappa shape index (κ1) is 21.9.